The number of benzene rings is 2. The summed E-state index contributed by atoms with van der Waals surface area (Å²) in [6.45, 7) is 10.4. The van der Waals surface area contributed by atoms with Gasteiger partial charge < -0.3 is 19.7 Å². The highest BCUT2D eigenvalue weighted by atomic mass is 16.6. The normalized spacial score (nSPS) is 16.3. The van der Waals surface area contributed by atoms with E-state index in [0.29, 0.717) is 13.0 Å². The van der Waals surface area contributed by atoms with Gasteiger partial charge in [-0.3, -0.25) is 4.90 Å². The number of aromatic hydroxyl groups is 1. The van der Waals surface area contributed by atoms with E-state index < -0.39 is 11.7 Å². The van der Waals surface area contributed by atoms with Gasteiger partial charge in [0.15, 0.2) is 0 Å². The Bertz CT molecular complexity index is 982. The fourth-order valence-corrected chi connectivity index (χ4v) is 4.12. The number of hydrogen-bond donors (Lipinski definition) is 2. The zero-order valence-electron chi connectivity index (χ0n) is 19.9. The molecule has 1 aliphatic heterocycles. The number of carbonyl (C=O) groups is 1. The molecule has 0 aliphatic carbocycles. The molecule has 0 bridgehead atoms. The van der Waals surface area contributed by atoms with Gasteiger partial charge in [0.1, 0.15) is 17.1 Å². The van der Waals surface area contributed by atoms with E-state index >= 15 is 0 Å². The number of hydrogen-bond acceptors (Lipinski definition) is 5. The Labute approximate surface area is 190 Å². The number of fused-ring (bicyclic) bond motifs is 1. The number of ether oxygens (including phenoxy) is 2. The highest BCUT2D eigenvalue weighted by molar-refractivity contribution is 5.91. The fourth-order valence-electron chi connectivity index (χ4n) is 4.12. The quantitative estimate of drug-likeness (QED) is 0.539. The second-order valence-corrected chi connectivity index (χ2v) is 9.93. The Hall–Kier alpha value is -2.73. The lowest BCUT2D eigenvalue weighted by atomic mass is 9.82. The lowest BCUT2D eigenvalue weighted by molar-refractivity contribution is 0.0343. The van der Waals surface area contributed by atoms with E-state index in [1.807, 2.05) is 45.0 Å². The van der Waals surface area contributed by atoms with Crippen molar-refractivity contribution in [3.05, 3.63) is 53.1 Å². The number of aryl methyl sites for hydroxylation is 1. The van der Waals surface area contributed by atoms with E-state index in [1.54, 1.807) is 24.1 Å². The van der Waals surface area contributed by atoms with E-state index in [-0.39, 0.29) is 17.3 Å². The zero-order valence-corrected chi connectivity index (χ0v) is 19.9. The van der Waals surface area contributed by atoms with Crippen molar-refractivity contribution in [3.63, 3.8) is 0 Å². The van der Waals surface area contributed by atoms with Crippen LogP contribution in [0.2, 0.25) is 0 Å². The van der Waals surface area contributed by atoms with E-state index in [1.165, 1.54) is 0 Å². The Morgan fingerprint density at radius 3 is 2.53 bits per heavy atom. The van der Waals surface area contributed by atoms with Crippen molar-refractivity contribution in [1.29, 1.82) is 0 Å². The summed E-state index contributed by atoms with van der Waals surface area (Å²) >= 11 is 0. The number of phenols is 1. The van der Waals surface area contributed by atoms with Crippen LogP contribution in [0.4, 0.5) is 10.5 Å². The summed E-state index contributed by atoms with van der Waals surface area (Å²) in [5, 5.41) is 20.3. The van der Waals surface area contributed by atoms with Gasteiger partial charge in [-0.1, -0.05) is 19.9 Å². The third kappa shape index (κ3) is 5.18. The van der Waals surface area contributed by atoms with E-state index in [0.717, 1.165) is 41.0 Å². The maximum absolute atomic E-state index is 12.8. The smallest absolute Gasteiger partial charge is 0.415 e. The van der Waals surface area contributed by atoms with Crippen LogP contribution < -0.4 is 9.64 Å². The monoisotopic (exact) mass is 441 g/mol. The Morgan fingerprint density at radius 2 is 1.88 bits per heavy atom. The molecule has 1 unspecified atom stereocenters. The van der Waals surface area contributed by atoms with Gasteiger partial charge in [-0.05, 0) is 86.9 Å². The number of anilines is 1. The molecule has 0 saturated carbocycles. The minimum Gasteiger partial charge on any atom is -0.508 e. The molecular weight excluding hydrogens is 406 g/mol. The first-order valence-electron chi connectivity index (χ1n) is 11.1. The molecular formula is C26H35NO5. The number of amides is 1. The summed E-state index contributed by atoms with van der Waals surface area (Å²) in [6.07, 6.45) is 1.21. The van der Waals surface area contributed by atoms with E-state index in [9.17, 15) is 15.0 Å². The molecule has 6 nitrogen and oxygen atoms in total. The summed E-state index contributed by atoms with van der Waals surface area (Å²) in [4.78, 5) is 14.5. The zero-order chi connectivity index (χ0) is 23.7. The van der Waals surface area contributed by atoms with Crippen molar-refractivity contribution in [3.8, 4) is 11.5 Å². The highest BCUT2D eigenvalue weighted by Crippen LogP contribution is 2.41. The average Bonchev–Trinajstić information content (AvgIpc) is 2.73. The van der Waals surface area contributed by atoms with Crippen LogP contribution in [0.1, 0.15) is 69.8 Å². The molecule has 0 saturated heterocycles. The molecule has 2 N–H and O–H groups in total. The van der Waals surface area contributed by atoms with Crippen LogP contribution in [-0.4, -0.2) is 30.0 Å². The molecule has 0 spiro atoms. The molecule has 1 aliphatic rings. The molecule has 3 rings (SSSR count). The minimum atomic E-state index is -0.723. The number of nitrogens with zero attached hydrogens (tertiary/aromatic N) is 1. The molecule has 174 valence electrons. The van der Waals surface area contributed by atoms with Gasteiger partial charge in [0, 0.05) is 12.1 Å². The first-order chi connectivity index (χ1) is 14.9. The lowest BCUT2D eigenvalue weighted by Crippen LogP contribution is -2.44. The summed E-state index contributed by atoms with van der Waals surface area (Å²) in [5.41, 5.74) is 2.52. The van der Waals surface area contributed by atoms with Gasteiger partial charge in [0.25, 0.3) is 0 Å². The Morgan fingerprint density at radius 1 is 1.16 bits per heavy atom. The molecule has 0 aromatic heterocycles. The first-order valence-corrected chi connectivity index (χ1v) is 11.1. The third-order valence-electron chi connectivity index (χ3n) is 6.42. The number of phenolic OH excluding ortho intramolecular Hbond substituents is 1. The summed E-state index contributed by atoms with van der Waals surface area (Å²) in [6, 6.07) is 10.9. The Kier molecular flexibility index (Phi) is 6.75. The largest absolute Gasteiger partial charge is 0.508 e. The molecule has 1 atom stereocenters. The van der Waals surface area contributed by atoms with Gasteiger partial charge in [0.05, 0.1) is 18.9 Å². The van der Waals surface area contributed by atoms with E-state index in [4.69, 9.17) is 9.47 Å². The number of methoxy groups -OCH3 is 1. The summed E-state index contributed by atoms with van der Waals surface area (Å²) in [5.74, 6) is 0.962. The number of aliphatic hydroxyl groups is 1. The summed E-state index contributed by atoms with van der Waals surface area (Å²) in [7, 11) is 1.62. The van der Waals surface area contributed by atoms with Gasteiger partial charge in [0.2, 0.25) is 0 Å². The molecule has 6 heteroatoms. The van der Waals surface area contributed by atoms with Crippen LogP contribution in [0, 0.1) is 12.3 Å². The maximum atomic E-state index is 12.8. The van der Waals surface area contributed by atoms with Crippen LogP contribution >= 0.6 is 0 Å². The number of rotatable bonds is 8. The summed E-state index contributed by atoms with van der Waals surface area (Å²) < 4.78 is 11.1. The SMILES string of the molecule is COc1ccc2c(c1)C(C)(C)OC(=O)N2CCC(C)(C)CCC(O)c1ccc(O)c(C)c1. The second-order valence-electron chi connectivity index (χ2n) is 9.93. The van der Waals surface area contributed by atoms with Gasteiger partial charge in [-0.2, -0.15) is 0 Å². The molecule has 2 aromatic rings. The van der Waals surface area contributed by atoms with Crippen molar-refractivity contribution in [2.45, 2.75) is 65.6 Å². The van der Waals surface area contributed by atoms with Crippen LogP contribution in [0.5, 0.6) is 11.5 Å². The average molecular weight is 442 g/mol. The number of carbonyl (C=O) groups excluding carboxylic acids is 1. The van der Waals surface area contributed by atoms with Gasteiger partial charge >= 0.3 is 6.09 Å². The molecule has 1 heterocycles. The third-order valence-corrected chi connectivity index (χ3v) is 6.42. The van der Waals surface area contributed by atoms with Gasteiger partial charge in [-0.15, -0.1) is 0 Å². The number of cyclic esters (lactones) is 1. The topological polar surface area (TPSA) is 79.2 Å². The molecule has 1 amide bonds. The van der Waals surface area contributed by atoms with Crippen LogP contribution in [0.15, 0.2) is 36.4 Å². The van der Waals surface area contributed by atoms with Crippen molar-refractivity contribution in [2.75, 3.05) is 18.6 Å². The standard InChI is InChI=1S/C26H35NO5/c1-17-15-18(7-10-22(17)28)23(29)11-12-25(2,3)13-14-27-21-9-8-19(31-6)16-20(21)26(4,5)32-24(27)30/h7-10,15-16,23,28-29H,11-14H2,1-6H3. The van der Waals surface area contributed by atoms with E-state index in [2.05, 4.69) is 13.8 Å². The highest BCUT2D eigenvalue weighted by Gasteiger charge is 2.39. The van der Waals surface area contributed by atoms with Crippen molar-refractivity contribution in [1.82, 2.24) is 0 Å². The molecule has 0 radical (unpaired) electrons. The van der Waals surface area contributed by atoms with Crippen LogP contribution in [0.25, 0.3) is 0 Å². The minimum absolute atomic E-state index is 0.0905. The van der Waals surface area contributed by atoms with Crippen molar-refractivity contribution >= 4 is 11.8 Å². The Balaban J connectivity index is 1.67. The van der Waals surface area contributed by atoms with Crippen LogP contribution in [-0.2, 0) is 10.3 Å². The number of aliphatic hydroxyl groups excluding tert-OH is 1. The van der Waals surface area contributed by atoms with Crippen LogP contribution in [0.3, 0.4) is 0 Å². The first kappa shape index (κ1) is 23.9. The van der Waals surface area contributed by atoms with Gasteiger partial charge in [-0.25, -0.2) is 4.79 Å². The second kappa shape index (κ2) is 9.02. The van der Waals surface area contributed by atoms with Crippen molar-refractivity contribution in [2.24, 2.45) is 5.41 Å². The maximum Gasteiger partial charge on any atom is 0.415 e. The lowest BCUT2D eigenvalue weighted by Gasteiger charge is -2.39. The fraction of sp³-hybridized carbons (Fsp3) is 0.500. The van der Waals surface area contributed by atoms with Crippen molar-refractivity contribution < 1.29 is 24.5 Å². The molecule has 32 heavy (non-hydrogen) atoms. The predicted molar refractivity (Wildman–Crippen MR) is 125 cm³/mol. The molecule has 2 aromatic carbocycles. The molecule has 0 fully saturated rings. The predicted octanol–water partition coefficient (Wildman–Crippen LogP) is 5.83.